The van der Waals surface area contributed by atoms with Crippen LogP contribution in [0.2, 0.25) is 5.02 Å². The molecule has 1 aliphatic rings. The van der Waals surface area contributed by atoms with Crippen molar-refractivity contribution >= 4 is 46.5 Å². The lowest BCUT2D eigenvalue weighted by atomic mass is 10.0. The van der Waals surface area contributed by atoms with Gasteiger partial charge in [0, 0.05) is 17.6 Å². The number of hydrogen-bond donors (Lipinski definition) is 4. The summed E-state index contributed by atoms with van der Waals surface area (Å²) < 4.78 is 5.26. The molecule has 0 unspecified atom stereocenters. The maximum Gasteiger partial charge on any atom is 0.319 e. The normalized spacial score (nSPS) is 12.3. The molecule has 4 N–H and O–H groups in total. The van der Waals surface area contributed by atoms with Gasteiger partial charge in [0.1, 0.15) is 10.8 Å². The summed E-state index contributed by atoms with van der Waals surface area (Å²) in [4.78, 5) is 25.5. The number of aromatic nitrogens is 3. The maximum atomic E-state index is 12.5. The van der Waals surface area contributed by atoms with Gasteiger partial charge in [0.2, 0.25) is 5.95 Å². The molecule has 0 aliphatic carbocycles. The van der Waals surface area contributed by atoms with Crippen molar-refractivity contribution in [2.24, 2.45) is 0 Å². The van der Waals surface area contributed by atoms with Crippen molar-refractivity contribution in [2.45, 2.75) is 19.4 Å². The van der Waals surface area contributed by atoms with E-state index in [0.717, 1.165) is 28.9 Å². The molecule has 9 nitrogen and oxygen atoms in total. The van der Waals surface area contributed by atoms with Gasteiger partial charge in [0.15, 0.2) is 5.82 Å². The van der Waals surface area contributed by atoms with Crippen molar-refractivity contribution in [3.05, 3.63) is 83.2 Å². The molecular formula is C23H20ClN7O2. The second-order valence-electron chi connectivity index (χ2n) is 7.48. The minimum Gasteiger partial charge on any atom is -0.467 e. The van der Waals surface area contributed by atoms with E-state index in [1.54, 1.807) is 24.6 Å². The van der Waals surface area contributed by atoms with Crippen LogP contribution >= 0.6 is 11.6 Å². The fraction of sp³-hybridized carbons (Fsp3) is 0.130. The molecule has 0 fully saturated rings. The van der Waals surface area contributed by atoms with E-state index < -0.39 is 0 Å². The number of pyridine rings is 1. The SMILES string of the molecule is O=C(NCc1ccco1)Nc1ccc2cc1CCc1cncc(c1)Nc1ncc(Cl)c(n1)N2. The number of carbonyl (C=O) groups excluding carboxylic acids is 1. The Balaban J connectivity index is 1.43. The number of nitrogens with zero attached hydrogens (tertiary/aromatic N) is 3. The number of furan rings is 1. The van der Waals surface area contributed by atoms with E-state index in [1.807, 2.05) is 30.5 Å². The highest BCUT2D eigenvalue weighted by atomic mass is 35.5. The third kappa shape index (κ3) is 5.04. The zero-order chi connectivity index (χ0) is 22.6. The molecule has 0 saturated carbocycles. The number of hydrogen-bond acceptors (Lipinski definition) is 7. The first-order chi connectivity index (χ1) is 16.1. The van der Waals surface area contributed by atoms with E-state index in [4.69, 9.17) is 16.0 Å². The molecule has 3 aromatic heterocycles. The first kappa shape index (κ1) is 20.8. The first-order valence-corrected chi connectivity index (χ1v) is 10.7. The van der Waals surface area contributed by atoms with Crippen LogP contribution in [0.15, 0.2) is 65.7 Å². The number of carbonyl (C=O) groups is 1. The van der Waals surface area contributed by atoms with Crippen LogP contribution in [0.4, 0.5) is 33.6 Å². The maximum absolute atomic E-state index is 12.5. The average molecular weight is 462 g/mol. The van der Waals surface area contributed by atoms with Crippen LogP contribution < -0.4 is 21.3 Å². The number of aryl methyl sites for hydroxylation is 2. The van der Waals surface area contributed by atoms with Crippen LogP contribution in [0.25, 0.3) is 0 Å². The second-order valence-corrected chi connectivity index (χ2v) is 7.89. The zero-order valence-electron chi connectivity index (χ0n) is 17.4. The Kier molecular flexibility index (Phi) is 5.77. The summed E-state index contributed by atoms with van der Waals surface area (Å²) in [5, 5.41) is 12.5. The third-order valence-electron chi connectivity index (χ3n) is 5.10. The third-order valence-corrected chi connectivity index (χ3v) is 5.37. The monoisotopic (exact) mass is 461 g/mol. The van der Waals surface area contributed by atoms with E-state index in [0.29, 0.717) is 41.2 Å². The first-order valence-electron chi connectivity index (χ1n) is 10.3. The summed E-state index contributed by atoms with van der Waals surface area (Å²) in [6.07, 6.45) is 8.06. The van der Waals surface area contributed by atoms with Crippen molar-refractivity contribution in [3.63, 3.8) is 0 Å². The number of urea groups is 1. The molecule has 4 heterocycles. The lowest BCUT2D eigenvalue weighted by molar-refractivity contribution is 0.251. The fourth-order valence-electron chi connectivity index (χ4n) is 3.50. The van der Waals surface area contributed by atoms with Crippen molar-refractivity contribution in [3.8, 4) is 0 Å². The van der Waals surface area contributed by atoms with Gasteiger partial charge in [-0.15, -0.1) is 0 Å². The minimum atomic E-state index is -0.317. The Labute approximate surface area is 194 Å². The van der Waals surface area contributed by atoms with Gasteiger partial charge < -0.3 is 25.7 Å². The largest absolute Gasteiger partial charge is 0.467 e. The van der Waals surface area contributed by atoms with Crippen LogP contribution in [0.5, 0.6) is 0 Å². The zero-order valence-corrected chi connectivity index (χ0v) is 18.2. The molecule has 0 saturated heterocycles. The molecule has 6 bridgehead atoms. The molecule has 2 amide bonds. The number of nitrogens with one attached hydrogen (secondary N) is 4. The second kappa shape index (κ2) is 9.17. The highest BCUT2D eigenvalue weighted by molar-refractivity contribution is 6.32. The Morgan fingerprint density at radius 2 is 2.03 bits per heavy atom. The van der Waals surface area contributed by atoms with Crippen LogP contribution in [-0.4, -0.2) is 21.0 Å². The number of anilines is 5. The molecule has 0 spiro atoms. The van der Waals surface area contributed by atoms with Crippen molar-refractivity contribution in [1.82, 2.24) is 20.3 Å². The van der Waals surface area contributed by atoms with Crippen LogP contribution in [0, 0.1) is 0 Å². The molecule has 0 radical (unpaired) electrons. The lowest BCUT2D eigenvalue weighted by Gasteiger charge is -2.15. The molecule has 1 aliphatic heterocycles. The minimum absolute atomic E-state index is 0.299. The van der Waals surface area contributed by atoms with Crippen molar-refractivity contribution in [1.29, 1.82) is 0 Å². The summed E-state index contributed by atoms with van der Waals surface area (Å²) in [6, 6.07) is 11.0. The smallest absolute Gasteiger partial charge is 0.319 e. The van der Waals surface area contributed by atoms with Gasteiger partial charge in [-0.05, 0) is 60.4 Å². The molecule has 166 valence electrons. The van der Waals surface area contributed by atoms with Crippen LogP contribution in [0.1, 0.15) is 16.9 Å². The summed E-state index contributed by atoms with van der Waals surface area (Å²) >= 11 is 6.31. The van der Waals surface area contributed by atoms with Gasteiger partial charge >= 0.3 is 6.03 Å². The molecule has 4 aromatic rings. The van der Waals surface area contributed by atoms with Gasteiger partial charge in [-0.3, -0.25) is 4.98 Å². The van der Waals surface area contributed by atoms with E-state index in [9.17, 15) is 4.79 Å². The highest BCUT2D eigenvalue weighted by Crippen LogP contribution is 2.29. The van der Waals surface area contributed by atoms with Gasteiger partial charge in [0.25, 0.3) is 0 Å². The number of rotatable bonds is 3. The van der Waals surface area contributed by atoms with E-state index >= 15 is 0 Å². The number of halogens is 1. The predicted molar refractivity (Wildman–Crippen MR) is 126 cm³/mol. The fourth-order valence-corrected chi connectivity index (χ4v) is 3.64. The summed E-state index contributed by atoms with van der Waals surface area (Å²) in [5.74, 6) is 1.56. The molecule has 0 atom stereocenters. The molecule has 10 heteroatoms. The average Bonchev–Trinajstić information content (AvgIpc) is 3.33. The van der Waals surface area contributed by atoms with E-state index in [1.165, 1.54) is 6.20 Å². The highest BCUT2D eigenvalue weighted by Gasteiger charge is 2.13. The molecular weight excluding hydrogens is 442 g/mol. The van der Waals surface area contributed by atoms with Gasteiger partial charge in [-0.2, -0.15) is 4.98 Å². The number of benzene rings is 1. The Morgan fingerprint density at radius 1 is 1.09 bits per heavy atom. The van der Waals surface area contributed by atoms with Gasteiger partial charge in [0.05, 0.1) is 30.9 Å². The Bertz CT molecular complexity index is 1290. The summed E-state index contributed by atoms with van der Waals surface area (Å²) in [6.45, 7) is 0.299. The van der Waals surface area contributed by atoms with Crippen LogP contribution in [-0.2, 0) is 19.4 Å². The predicted octanol–water partition coefficient (Wildman–Crippen LogP) is 5.03. The van der Waals surface area contributed by atoms with Crippen LogP contribution in [0.3, 0.4) is 0 Å². The van der Waals surface area contributed by atoms with Crippen molar-refractivity contribution in [2.75, 3.05) is 16.0 Å². The quantitative estimate of drug-likeness (QED) is 0.338. The van der Waals surface area contributed by atoms with E-state index in [2.05, 4.69) is 36.2 Å². The van der Waals surface area contributed by atoms with Gasteiger partial charge in [-0.1, -0.05) is 11.6 Å². The van der Waals surface area contributed by atoms with Gasteiger partial charge in [-0.25, -0.2) is 9.78 Å². The van der Waals surface area contributed by atoms with E-state index in [-0.39, 0.29) is 6.03 Å². The Hall–Kier alpha value is -4.11. The molecule has 1 aromatic carbocycles. The molecule has 5 rings (SSSR count). The Morgan fingerprint density at radius 3 is 2.91 bits per heavy atom. The standard InChI is InChI=1S/C23H20ClN7O2/c24-19-13-26-22-29-17-8-14(10-25-11-17)3-4-15-9-16(28-21(19)31-22)5-6-20(15)30-23(32)27-12-18-2-1-7-33-18/h1-2,5-11,13H,3-4,12H2,(H2,27,30,32)(H2,26,28,29,31). The summed E-state index contributed by atoms with van der Waals surface area (Å²) in [5.41, 5.74) is 4.28. The summed E-state index contributed by atoms with van der Waals surface area (Å²) in [7, 11) is 0. The van der Waals surface area contributed by atoms with Crippen molar-refractivity contribution < 1.29 is 9.21 Å². The number of fused-ring (bicyclic) bond motifs is 6. The lowest BCUT2D eigenvalue weighted by Crippen LogP contribution is -2.28. The topological polar surface area (TPSA) is 117 Å². The molecule has 33 heavy (non-hydrogen) atoms. The number of amides is 2.